The van der Waals surface area contributed by atoms with Gasteiger partial charge in [0.05, 0.1) is 12.2 Å². The number of carbonyl (C=O) groups excluding carboxylic acids is 1. The first kappa shape index (κ1) is 12.1. The molecule has 0 amide bonds. The maximum Gasteiger partial charge on any atom is 0.339 e. The quantitative estimate of drug-likeness (QED) is 0.836. The van der Waals surface area contributed by atoms with Gasteiger partial charge in [-0.25, -0.2) is 4.79 Å². The summed E-state index contributed by atoms with van der Waals surface area (Å²) in [5.74, 6) is -0.145. The lowest BCUT2D eigenvalue weighted by Crippen LogP contribution is -2.08. The summed E-state index contributed by atoms with van der Waals surface area (Å²) in [6, 6.07) is 10.2. The Hall–Kier alpha value is -2.36. The molecule has 0 aliphatic carbocycles. The van der Waals surface area contributed by atoms with E-state index >= 15 is 0 Å². The molecule has 2 aromatic rings. The summed E-state index contributed by atoms with van der Waals surface area (Å²) in [5.41, 5.74) is 1.45. The van der Waals surface area contributed by atoms with Gasteiger partial charge in [-0.3, -0.25) is 4.98 Å². The number of carbonyl (C=O) groups is 1. The Bertz CT molecular complexity index is 508. The first-order valence-electron chi connectivity index (χ1n) is 5.61. The number of hydrogen-bond acceptors (Lipinski definition) is 4. The second kappa shape index (κ2) is 5.82. The number of benzene rings is 1. The van der Waals surface area contributed by atoms with Crippen molar-refractivity contribution in [3.63, 3.8) is 0 Å². The summed E-state index contributed by atoms with van der Waals surface area (Å²) in [4.78, 5) is 15.4. The number of aromatic nitrogens is 1. The number of esters is 1. The van der Waals surface area contributed by atoms with Crippen LogP contribution in [0.5, 0.6) is 5.75 Å². The molecule has 1 aromatic heterocycles. The van der Waals surface area contributed by atoms with Gasteiger partial charge in [-0.2, -0.15) is 0 Å². The van der Waals surface area contributed by atoms with Crippen molar-refractivity contribution in [2.45, 2.75) is 6.42 Å². The minimum Gasteiger partial charge on any atom is -0.508 e. The molecule has 4 heteroatoms. The highest BCUT2D eigenvalue weighted by Crippen LogP contribution is 2.10. The predicted octanol–water partition coefficient (Wildman–Crippen LogP) is 2.19. The maximum absolute atomic E-state index is 11.6. The number of pyridine rings is 1. The van der Waals surface area contributed by atoms with Gasteiger partial charge in [0.1, 0.15) is 5.75 Å². The van der Waals surface area contributed by atoms with Crippen LogP contribution >= 0.6 is 0 Å². The number of rotatable bonds is 4. The first-order valence-corrected chi connectivity index (χ1v) is 5.61. The summed E-state index contributed by atoms with van der Waals surface area (Å²) >= 11 is 0. The average molecular weight is 243 g/mol. The van der Waals surface area contributed by atoms with Crippen LogP contribution in [0.2, 0.25) is 0 Å². The van der Waals surface area contributed by atoms with Crippen LogP contribution in [0.1, 0.15) is 15.9 Å². The fraction of sp³-hybridized carbons (Fsp3) is 0.143. The molecule has 18 heavy (non-hydrogen) atoms. The standard InChI is InChI=1S/C14H13NO3/c16-13-5-3-11(4-6-13)7-9-18-14(17)12-2-1-8-15-10-12/h1-6,8,10,16H,7,9H2. The Morgan fingerprint density at radius 2 is 2.00 bits per heavy atom. The highest BCUT2D eigenvalue weighted by molar-refractivity contribution is 5.88. The highest BCUT2D eigenvalue weighted by atomic mass is 16.5. The first-order chi connectivity index (χ1) is 8.75. The number of phenols is 1. The molecule has 1 heterocycles. The van der Waals surface area contributed by atoms with E-state index in [0.29, 0.717) is 18.6 Å². The zero-order valence-electron chi connectivity index (χ0n) is 9.74. The highest BCUT2D eigenvalue weighted by Gasteiger charge is 2.06. The smallest absolute Gasteiger partial charge is 0.339 e. The van der Waals surface area contributed by atoms with Crippen LogP contribution < -0.4 is 0 Å². The average Bonchev–Trinajstić information content (AvgIpc) is 2.42. The fourth-order valence-corrected chi connectivity index (χ4v) is 1.49. The third-order valence-corrected chi connectivity index (χ3v) is 2.46. The number of phenolic OH excluding ortho intramolecular Hbond substituents is 1. The van der Waals surface area contributed by atoms with Gasteiger partial charge in [0, 0.05) is 18.8 Å². The molecular weight excluding hydrogens is 230 g/mol. The number of ether oxygens (including phenoxy) is 1. The van der Waals surface area contributed by atoms with E-state index in [1.54, 1.807) is 42.6 Å². The van der Waals surface area contributed by atoms with E-state index in [4.69, 9.17) is 9.84 Å². The second-order valence-corrected chi connectivity index (χ2v) is 3.79. The van der Waals surface area contributed by atoms with Crippen LogP contribution in [0.25, 0.3) is 0 Å². The molecular formula is C14H13NO3. The predicted molar refractivity (Wildman–Crippen MR) is 66.3 cm³/mol. The molecule has 0 aliphatic heterocycles. The van der Waals surface area contributed by atoms with Crippen molar-refractivity contribution >= 4 is 5.97 Å². The van der Waals surface area contributed by atoms with Crippen molar-refractivity contribution in [2.24, 2.45) is 0 Å². The van der Waals surface area contributed by atoms with Crippen LogP contribution in [0, 0.1) is 0 Å². The van der Waals surface area contributed by atoms with Crippen molar-refractivity contribution in [1.29, 1.82) is 0 Å². The molecule has 0 fully saturated rings. The molecule has 1 aromatic carbocycles. The molecule has 0 atom stereocenters. The van der Waals surface area contributed by atoms with E-state index < -0.39 is 0 Å². The van der Waals surface area contributed by atoms with Gasteiger partial charge < -0.3 is 9.84 Å². The van der Waals surface area contributed by atoms with Crippen molar-refractivity contribution in [3.05, 3.63) is 59.9 Å². The minimum atomic E-state index is -0.373. The van der Waals surface area contributed by atoms with E-state index in [0.717, 1.165) is 5.56 Å². The molecule has 0 saturated heterocycles. The van der Waals surface area contributed by atoms with Crippen molar-refractivity contribution in [3.8, 4) is 5.75 Å². The van der Waals surface area contributed by atoms with E-state index in [-0.39, 0.29) is 11.7 Å². The van der Waals surface area contributed by atoms with Gasteiger partial charge in [0.2, 0.25) is 0 Å². The molecule has 1 N–H and O–H groups in total. The Labute approximate surface area is 105 Å². The molecule has 0 aliphatic rings. The van der Waals surface area contributed by atoms with Crippen LogP contribution in [-0.2, 0) is 11.2 Å². The van der Waals surface area contributed by atoms with Crippen molar-refractivity contribution in [2.75, 3.05) is 6.61 Å². The largest absolute Gasteiger partial charge is 0.508 e. The van der Waals surface area contributed by atoms with E-state index in [1.807, 2.05) is 0 Å². The van der Waals surface area contributed by atoms with Crippen molar-refractivity contribution in [1.82, 2.24) is 4.98 Å². The lowest BCUT2D eigenvalue weighted by Gasteiger charge is -2.04. The summed E-state index contributed by atoms with van der Waals surface area (Å²) in [6.45, 7) is 0.304. The number of nitrogens with zero attached hydrogens (tertiary/aromatic N) is 1. The lowest BCUT2D eigenvalue weighted by atomic mass is 10.1. The number of aromatic hydroxyl groups is 1. The SMILES string of the molecule is O=C(OCCc1ccc(O)cc1)c1cccnc1. The summed E-state index contributed by atoms with van der Waals surface area (Å²) in [7, 11) is 0. The lowest BCUT2D eigenvalue weighted by molar-refractivity contribution is 0.0509. The van der Waals surface area contributed by atoms with Crippen LogP contribution in [0.4, 0.5) is 0 Å². The maximum atomic E-state index is 11.6. The summed E-state index contributed by atoms with van der Waals surface area (Å²) in [5, 5.41) is 9.13. The van der Waals surface area contributed by atoms with E-state index in [9.17, 15) is 4.79 Å². The Morgan fingerprint density at radius 1 is 1.22 bits per heavy atom. The molecule has 0 unspecified atom stereocenters. The van der Waals surface area contributed by atoms with Crippen molar-refractivity contribution < 1.29 is 14.6 Å². The fourth-order valence-electron chi connectivity index (χ4n) is 1.49. The third-order valence-electron chi connectivity index (χ3n) is 2.46. The third kappa shape index (κ3) is 3.31. The van der Waals surface area contributed by atoms with Gasteiger partial charge >= 0.3 is 5.97 Å². The van der Waals surface area contributed by atoms with Gasteiger partial charge in [0.15, 0.2) is 0 Å². The Morgan fingerprint density at radius 3 is 2.67 bits per heavy atom. The molecule has 0 bridgehead atoms. The minimum absolute atomic E-state index is 0.228. The Kier molecular flexibility index (Phi) is 3.91. The van der Waals surface area contributed by atoms with Gasteiger partial charge in [-0.05, 0) is 29.8 Å². The normalized spacial score (nSPS) is 10.0. The second-order valence-electron chi connectivity index (χ2n) is 3.79. The van der Waals surface area contributed by atoms with E-state index in [1.165, 1.54) is 6.20 Å². The molecule has 0 radical (unpaired) electrons. The van der Waals surface area contributed by atoms with Gasteiger partial charge in [-0.1, -0.05) is 12.1 Å². The topological polar surface area (TPSA) is 59.4 Å². The zero-order chi connectivity index (χ0) is 12.8. The monoisotopic (exact) mass is 243 g/mol. The molecule has 2 rings (SSSR count). The molecule has 0 saturated carbocycles. The van der Waals surface area contributed by atoms with Crippen LogP contribution in [0.3, 0.4) is 0 Å². The zero-order valence-corrected chi connectivity index (χ0v) is 9.74. The van der Waals surface area contributed by atoms with Crippen LogP contribution in [0.15, 0.2) is 48.8 Å². The summed E-state index contributed by atoms with van der Waals surface area (Å²) < 4.78 is 5.12. The van der Waals surface area contributed by atoms with E-state index in [2.05, 4.69) is 4.98 Å². The number of hydrogen-bond donors (Lipinski definition) is 1. The molecule has 92 valence electrons. The van der Waals surface area contributed by atoms with Gasteiger partial charge in [-0.15, -0.1) is 0 Å². The van der Waals surface area contributed by atoms with Crippen LogP contribution in [-0.4, -0.2) is 22.7 Å². The Balaban J connectivity index is 1.82. The van der Waals surface area contributed by atoms with Gasteiger partial charge in [0.25, 0.3) is 0 Å². The summed E-state index contributed by atoms with van der Waals surface area (Å²) in [6.07, 6.45) is 3.70. The molecule has 0 spiro atoms. The molecule has 4 nitrogen and oxygen atoms in total.